The predicted molar refractivity (Wildman–Crippen MR) is 75.1 cm³/mol. The number of hydrogen-bond acceptors (Lipinski definition) is 3. The van der Waals surface area contributed by atoms with Crippen molar-refractivity contribution in [2.24, 2.45) is 11.8 Å². The molecule has 1 aliphatic carbocycles. The van der Waals surface area contributed by atoms with Crippen LogP contribution in [0.4, 0.5) is 0 Å². The molecule has 0 radical (unpaired) electrons. The van der Waals surface area contributed by atoms with Crippen LogP contribution in [0, 0.1) is 18.8 Å². The Balaban J connectivity index is 1.73. The van der Waals surface area contributed by atoms with Crippen LogP contribution < -0.4 is 0 Å². The van der Waals surface area contributed by atoms with E-state index in [1.807, 2.05) is 11.6 Å². The van der Waals surface area contributed by atoms with Gasteiger partial charge in [0.2, 0.25) is 0 Å². The van der Waals surface area contributed by atoms with Crippen LogP contribution in [0.15, 0.2) is 0 Å². The maximum absolute atomic E-state index is 9.97. The van der Waals surface area contributed by atoms with Gasteiger partial charge in [-0.25, -0.2) is 0 Å². The summed E-state index contributed by atoms with van der Waals surface area (Å²) in [5, 5.41) is 15.2. The molecule has 106 valence electrons. The molecule has 2 heterocycles. The van der Waals surface area contributed by atoms with Crippen LogP contribution in [0.25, 0.3) is 0 Å². The van der Waals surface area contributed by atoms with Crippen LogP contribution in [0.1, 0.15) is 31.2 Å². The van der Waals surface area contributed by atoms with Crippen molar-refractivity contribution in [2.75, 3.05) is 13.1 Å². The first-order valence-electron chi connectivity index (χ1n) is 7.22. The Kier molecular flexibility index (Phi) is 3.58. The Morgan fingerprint density at radius 3 is 2.84 bits per heavy atom. The second-order valence-corrected chi connectivity index (χ2v) is 6.30. The van der Waals surface area contributed by atoms with Gasteiger partial charge in [0.05, 0.1) is 22.5 Å². The summed E-state index contributed by atoms with van der Waals surface area (Å²) in [7, 11) is 0. The average Bonchev–Trinajstić information content (AvgIpc) is 3.01. The number of rotatable bonds is 3. The molecule has 0 spiro atoms. The highest BCUT2D eigenvalue weighted by Gasteiger charge is 2.41. The predicted octanol–water partition coefficient (Wildman–Crippen LogP) is 2.07. The SMILES string of the molecule is CCn1nc(C)c(Cl)c1CN1CC2CCC(O)C2C1. The lowest BCUT2D eigenvalue weighted by atomic mass is 10.00. The number of aryl methyl sites for hydroxylation is 2. The quantitative estimate of drug-likeness (QED) is 0.923. The summed E-state index contributed by atoms with van der Waals surface area (Å²) in [5.41, 5.74) is 2.04. The summed E-state index contributed by atoms with van der Waals surface area (Å²) < 4.78 is 2.00. The first-order chi connectivity index (χ1) is 9.10. The largest absolute Gasteiger partial charge is 0.393 e. The Labute approximate surface area is 119 Å². The third kappa shape index (κ3) is 2.30. The van der Waals surface area contributed by atoms with Gasteiger partial charge in [-0.1, -0.05) is 11.6 Å². The van der Waals surface area contributed by atoms with E-state index in [2.05, 4.69) is 16.9 Å². The smallest absolute Gasteiger partial charge is 0.0860 e. The summed E-state index contributed by atoms with van der Waals surface area (Å²) >= 11 is 6.36. The number of likely N-dealkylation sites (tertiary alicyclic amines) is 1. The van der Waals surface area contributed by atoms with Crippen molar-refractivity contribution >= 4 is 11.6 Å². The van der Waals surface area contributed by atoms with Crippen LogP contribution in [0.5, 0.6) is 0 Å². The van der Waals surface area contributed by atoms with Crippen molar-refractivity contribution in [2.45, 2.75) is 45.9 Å². The molecule has 3 unspecified atom stereocenters. The molecule has 1 saturated carbocycles. The Morgan fingerprint density at radius 2 is 2.16 bits per heavy atom. The van der Waals surface area contributed by atoms with Gasteiger partial charge < -0.3 is 5.11 Å². The molecule has 1 saturated heterocycles. The molecule has 1 aromatic rings. The molecule has 0 aromatic carbocycles. The van der Waals surface area contributed by atoms with Crippen molar-refractivity contribution in [3.63, 3.8) is 0 Å². The van der Waals surface area contributed by atoms with E-state index < -0.39 is 0 Å². The molecular weight excluding hydrogens is 262 g/mol. The molecular formula is C14H22ClN3O. The zero-order chi connectivity index (χ0) is 13.6. The summed E-state index contributed by atoms with van der Waals surface area (Å²) in [6.45, 7) is 7.84. The van der Waals surface area contributed by atoms with Gasteiger partial charge in [-0.3, -0.25) is 9.58 Å². The first kappa shape index (κ1) is 13.4. The molecule has 1 aliphatic heterocycles. The van der Waals surface area contributed by atoms with Crippen molar-refractivity contribution < 1.29 is 5.11 Å². The van der Waals surface area contributed by atoms with Gasteiger partial charge >= 0.3 is 0 Å². The lowest BCUT2D eigenvalue weighted by Gasteiger charge is -2.18. The summed E-state index contributed by atoms with van der Waals surface area (Å²) in [6, 6.07) is 0. The van der Waals surface area contributed by atoms with Gasteiger partial charge in [0.1, 0.15) is 0 Å². The molecule has 4 nitrogen and oxygen atoms in total. The molecule has 19 heavy (non-hydrogen) atoms. The van der Waals surface area contributed by atoms with Gasteiger partial charge in [-0.2, -0.15) is 5.10 Å². The number of aromatic nitrogens is 2. The third-order valence-electron chi connectivity index (χ3n) is 4.72. The lowest BCUT2D eigenvalue weighted by Crippen LogP contribution is -2.25. The number of halogens is 1. The summed E-state index contributed by atoms with van der Waals surface area (Å²) in [6.07, 6.45) is 2.06. The van der Waals surface area contributed by atoms with E-state index >= 15 is 0 Å². The summed E-state index contributed by atoms with van der Waals surface area (Å²) in [4.78, 5) is 2.42. The lowest BCUT2D eigenvalue weighted by molar-refractivity contribution is 0.123. The molecule has 2 fully saturated rings. The van der Waals surface area contributed by atoms with Gasteiger partial charge in [0.25, 0.3) is 0 Å². The Bertz CT molecular complexity index is 474. The molecule has 0 bridgehead atoms. The number of aliphatic hydroxyl groups is 1. The average molecular weight is 284 g/mol. The van der Waals surface area contributed by atoms with Crippen molar-refractivity contribution in [1.82, 2.24) is 14.7 Å². The van der Waals surface area contributed by atoms with E-state index in [1.54, 1.807) is 0 Å². The molecule has 3 atom stereocenters. The van der Waals surface area contributed by atoms with Crippen LogP contribution in [0.2, 0.25) is 5.02 Å². The number of hydrogen-bond donors (Lipinski definition) is 1. The number of nitrogens with zero attached hydrogens (tertiary/aromatic N) is 3. The van der Waals surface area contributed by atoms with Crippen molar-refractivity contribution in [3.05, 3.63) is 16.4 Å². The highest BCUT2D eigenvalue weighted by molar-refractivity contribution is 6.31. The first-order valence-corrected chi connectivity index (χ1v) is 7.60. The number of fused-ring (bicyclic) bond motifs is 1. The van der Waals surface area contributed by atoms with Crippen LogP contribution in [-0.2, 0) is 13.1 Å². The zero-order valence-corrected chi connectivity index (χ0v) is 12.4. The van der Waals surface area contributed by atoms with Crippen molar-refractivity contribution in [3.8, 4) is 0 Å². The molecule has 3 rings (SSSR count). The van der Waals surface area contributed by atoms with Crippen molar-refractivity contribution in [1.29, 1.82) is 0 Å². The second-order valence-electron chi connectivity index (χ2n) is 5.92. The van der Waals surface area contributed by atoms with E-state index in [4.69, 9.17) is 11.6 Å². The van der Waals surface area contributed by atoms with Gasteiger partial charge in [-0.05, 0) is 32.6 Å². The van der Waals surface area contributed by atoms with Gasteiger partial charge in [0.15, 0.2) is 0 Å². The summed E-state index contributed by atoms with van der Waals surface area (Å²) in [5.74, 6) is 1.14. The third-order valence-corrected chi connectivity index (χ3v) is 5.21. The Hall–Kier alpha value is -0.580. The Morgan fingerprint density at radius 1 is 1.37 bits per heavy atom. The van der Waals surface area contributed by atoms with Crippen LogP contribution >= 0.6 is 11.6 Å². The minimum Gasteiger partial charge on any atom is -0.393 e. The van der Waals surface area contributed by atoms with E-state index in [-0.39, 0.29) is 6.10 Å². The minimum atomic E-state index is -0.0942. The fraction of sp³-hybridized carbons (Fsp3) is 0.786. The maximum Gasteiger partial charge on any atom is 0.0860 e. The minimum absolute atomic E-state index is 0.0942. The van der Waals surface area contributed by atoms with Gasteiger partial charge in [-0.15, -0.1) is 0 Å². The topological polar surface area (TPSA) is 41.3 Å². The maximum atomic E-state index is 9.97. The molecule has 2 aliphatic rings. The molecule has 1 aromatic heterocycles. The van der Waals surface area contributed by atoms with E-state index in [9.17, 15) is 5.11 Å². The molecule has 5 heteroatoms. The highest BCUT2D eigenvalue weighted by Crippen LogP contribution is 2.39. The standard InChI is InChI=1S/C14H22ClN3O/c1-3-18-12(14(15)9(2)16-18)8-17-6-10-4-5-13(19)11(10)7-17/h10-11,13,19H,3-8H2,1-2H3. The van der Waals surface area contributed by atoms with Crippen LogP contribution in [-0.4, -0.2) is 39.0 Å². The van der Waals surface area contributed by atoms with E-state index in [0.717, 1.165) is 49.0 Å². The fourth-order valence-corrected chi connectivity index (χ4v) is 3.88. The van der Waals surface area contributed by atoms with E-state index in [0.29, 0.717) is 11.8 Å². The highest BCUT2D eigenvalue weighted by atomic mass is 35.5. The zero-order valence-electron chi connectivity index (χ0n) is 11.6. The van der Waals surface area contributed by atoms with Crippen LogP contribution in [0.3, 0.4) is 0 Å². The number of aliphatic hydroxyl groups excluding tert-OH is 1. The molecule has 1 N–H and O–H groups in total. The van der Waals surface area contributed by atoms with Gasteiger partial charge in [0, 0.05) is 32.1 Å². The fourth-order valence-electron chi connectivity index (χ4n) is 3.69. The van der Waals surface area contributed by atoms with E-state index in [1.165, 1.54) is 6.42 Å². The molecule has 0 amide bonds. The normalized spacial score (nSPS) is 31.1. The monoisotopic (exact) mass is 283 g/mol. The second kappa shape index (κ2) is 5.08.